The molecule has 0 radical (unpaired) electrons. The third-order valence-corrected chi connectivity index (χ3v) is 5.83. The monoisotopic (exact) mass is 411 g/mol. The quantitative estimate of drug-likeness (QED) is 0.658. The molecule has 5 rings (SSSR count). The van der Waals surface area contributed by atoms with Crippen LogP contribution in [0, 0.1) is 0 Å². The molecule has 1 amide bonds. The summed E-state index contributed by atoms with van der Waals surface area (Å²) in [5, 5.41) is 6.36. The Labute approximate surface area is 182 Å². The van der Waals surface area contributed by atoms with Crippen molar-refractivity contribution in [2.75, 3.05) is 35.2 Å². The number of benzene rings is 1. The van der Waals surface area contributed by atoms with E-state index < -0.39 is 0 Å². The minimum atomic E-state index is -0.126. The average molecular weight is 412 g/mol. The van der Waals surface area contributed by atoms with Gasteiger partial charge in [0.05, 0.1) is 11.9 Å². The number of nitrogens with zero attached hydrogens (tertiary/aromatic N) is 3. The maximum atomic E-state index is 13.1. The zero-order valence-electron chi connectivity index (χ0n) is 17.3. The topological polar surface area (TPSA) is 70.2 Å². The molecule has 1 aromatic carbocycles. The third kappa shape index (κ3) is 4.14. The Morgan fingerprint density at radius 2 is 1.90 bits per heavy atom. The highest BCUT2D eigenvalue weighted by Crippen LogP contribution is 2.32. The van der Waals surface area contributed by atoms with E-state index in [1.54, 1.807) is 12.4 Å². The van der Waals surface area contributed by atoms with Crippen molar-refractivity contribution in [2.45, 2.75) is 19.3 Å². The van der Waals surface area contributed by atoms with Crippen LogP contribution >= 0.6 is 0 Å². The number of hydrogen-bond donors (Lipinski definition) is 2. The minimum absolute atomic E-state index is 0.126. The molecule has 4 heterocycles. The number of piperidine rings is 1. The molecule has 3 aromatic rings. The number of hydrogen-bond acceptors (Lipinski definition) is 5. The van der Waals surface area contributed by atoms with Crippen molar-refractivity contribution in [3.8, 4) is 11.1 Å². The molecule has 0 bridgehead atoms. The SMILES string of the molecule is O=C(Nc1ccc(N2CCCCC2)nc1)C1=CCNc2ccc(-c3cccnc3)cc21. The lowest BCUT2D eigenvalue weighted by atomic mass is 9.95. The molecule has 1 fully saturated rings. The zero-order chi connectivity index (χ0) is 21.0. The van der Waals surface area contributed by atoms with Crippen molar-refractivity contribution >= 4 is 28.7 Å². The van der Waals surface area contributed by atoms with Gasteiger partial charge in [0.1, 0.15) is 5.82 Å². The van der Waals surface area contributed by atoms with Gasteiger partial charge in [-0.25, -0.2) is 4.98 Å². The number of rotatable bonds is 4. The molecule has 6 nitrogen and oxygen atoms in total. The Balaban J connectivity index is 1.35. The molecule has 2 aromatic heterocycles. The summed E-state index contributed by atoms with van der Waals surface area (Å²) in [6.07, 6.45) is 11.0. The first-order chi connectivity index (χ1) is 15.3. The lowest BCUT2D eigenvalue weighted by Crippen LogP contribution is -2.30. The van der Waals surface area contributed by atoms with Crippen molar-refractivity contribution in [3.05, 3.63) is 72.7 Å². The molecule has 1 saturated heterocycles. The third-order valence-electron chi connectivity index (χ3n) is 5.83. The Hall–Kier alpha value is -3.67. The van der Waals surface area contributed by atoms with Gasteiger partial charge in [0.15, 0.2) is 0 Å². The summed E-state index contributed by atoms with van der Waals surface area (Å²) in [6.45, 7) is 2.72. The van der Waals surface area contributed by atoms with E-state index in [1.165, 1.54) is 19.3 Å². The molecule has 2 aliphatic heterocycles. The predicted molar refractivity (Wildman–Crippen MR) is 125 cm³/mol. The number of fused-ring (bicyclic) bond motifs is 1. The van der Waals surface area contributed by atoms with Crippen LogP contribution in [0.2, 0.25) is 0 Å². The molecule has 2 aliphatic rings. The first-order valence-corrected chi connectivity index (χ1v) is 10.8. The molecule has 0 unspecified atom stereocenters. The van der Waals surface area contributed by atoms with Crippen LogP contribution in [0.4, 0.5) is 17.2 Å². The largest absolute Gasteiger partial charge is 0.381 e. The summed E-state index contributed by atoms with van der Waals surface area (Å²) in [5.41, 5.74) is 5.27. The van der Waals surface area contributed by atoms with Crippen LogP contribution in [0.3, 0.4) is 0 Å². The van der Waals surface area contributed by atoms with Gasteiger partial charge in [-0.1, -0.05) is 18.2 Å². The van der Waals surface area contributed by atoms with Crippen LogP contribution < -0.4 is 15.5 Å². The lowest BCUT2D eigenvalue weighted by molar-refractivity contribution is -0.111. The van der Waals surface area contributed by atoms with E-state index in [4.69, 9.17) is 0 Å². The maximum absolute atomic E-state index is 13.1. The van der Waals surface area contributed by atoms with Gasteiger partial charge in [-0.2, -0.15) is 0 Å². The minimum Gasteiger partial charge on any atom is -0.381 e. The van der Waals surface area contributed by atoms with Gasteiger partial charge < -0.3 is 15.5 Å². The summed E-state index contributed by atoms with van der Waals surface area (Å²) in [7, 11) is 0. The highest BCUT2D eigenvalue weighted by Gasteiger charge is 2.20. The fourth-order valence-corrected chi connectivity index (χ4v) is 4.19. The van der Waals surface area contributed by atoms with Gasteiger partial charge in [-0.05, 0) is 55.2 Å². The van der Waals surface area contributed by atoms with E-state index in [0.717, 1.165) is 41.3 Å². The molecule has 0 aliphatic carbocycles. The highest BCUT2D eigenvalue weighted by molar-refractivity contribution is 6.27. The van der Waals surface area contributed by atoms with Crippen LogP contribution in [0.5, 0.6) is 0 Å². The lowest BCUT2D eigenvalue weighted by Gasteiger charge is -2.27. The molecular weight excluding hydrogens is 386 g/mol. The Bertz CT molecular complexity index is 1100. The number of carbonyl (C=O) groups excluding carboxylic acids is 1. The standard InChI is InChI=1S/C25H25N5O/c31-25(29-20-7-9-24(28-17-20)30-13-2-1-3-14-30)21-10-12-27-23-8-6-18(15-22(21)23)19-5-4-11-26-16-19/h4-11,15-17,27H,1-3,12-14H2,(H,29,31). The van der Waals surface area contributed by atoms with E-state index in [9.17, 15) is 4.79 Å². The summed E-state index contributed by atoms with van der Waals surface area (Å²) in [5.74, 6) is 0.851. The number of pyridine rings is 2. The number of anilines is 3. The van der Waals surface area contributed by atoms with Gasteiger partial charge in [0.2, 0.25) is 0 Å². The fraction of sp³-hybridized carbons (Fsp3) is 0.240. The number of aromatic nitrogens is 2. The highest BCUT2D eigenvalue weighted by atomic mass is 16.1. The van der Waals surface area contributed by atoms with Crippen molar-refractivity contribution < 1.29 is 4.79 Å². The van der Waals surface area contributed by atoms with Gasteiger partial charge in [-0.15, -0.1) is 0 Å². The summed E-state index contributed by atoms with van der Waals surface area (Å²) >= 11 is 0. The second kappa shape index (κ2) is 8.60. The van der Waals surface area contributed by atoms with Gasteiger partial charge in [0, 0.05) is 54.4 Å². The first-order valence-electron chi connectivity index (χ1n) is 10.8. The second-order valence-corrected chi connectivity index (χ2v) is 7.91. The Morgan fingerprint density at radius 3 is 2.68 bits per heavy atom. The van der Waals surface area contributed by atoms with E-state index >= 15 is 0 Å². The van der Waals surface area contributed by atoms with Crippen LogP contribution in [-0.4, -0.2) is 35.5 Å². The van der Waals surface area contributed by atoms with Crippen molar-refractivity contribution in [2.24, 2.45) is 0 Å². The van der Waals surface area contributed by atoms with E-state index in [0.29, 0.717) is 17.8 Å². The molecule has 0 saturated carbocycles. The number of amides is 1. The van der Waals surface area contributed by atoms with Crippen molar-refractivity contribution in [3.63, 3.8) is 0 Å². The molecule has 31 heavy (non-hydrogen) atoms. The smallest absolute Gasteiger partial charge is 0.256 e. The average Bonchev–Trinajstić information content (AvgIpc) is 2.85. The second-order valence-electron chi connectivity index (χ2n) is 7.91. The molecule has 0 spiro atoms. The number of carbonyl (C=O) groups is 1. The Kier molecular flexibility index (Phi) is 5.35. The van der Waals surface area contributed by atoms with Crippen LogP contribution in [0.25, 0.3) is 16.7 Å². The summed E-state index contributed by atoms with van der Waals surface area (Å²) in [4.78, 5) is 24.2. The Morgan fingerprint density at radius 1 is 1.00 bits per heavy atom. The summed E-state index contributed by atoms with van der Waals surface area (Å²) in [6, 6.07) is 14.0. The van der Waals surface area contributed by atoms with Crippen molar-refractivity contribution in [1.82, 2.24) is 9.97 Å². The van der Waals surface area contributed by atoms with Gasteiger partial charge in [0.25, 0.3) is 5.91 Å². The van der Waals surface area contributed by atoms with E-state index in [1.807, 2.05) is 54.7 Å². The fourth-order valence-electron chi connectivity index (χ4n) is 4.19. The summed E-state index contributed by atoms with van der Waals surface area (Å²) < 4.78 is 0. The predicted octanol–water partition coefficient (Wildman–Crippen LogP) is 4.58. The van der Waals surface area contributed by atoms with Crippen LogP contribution in [0.1, 0.15) is 24.8 Å². The van der Waals surface area contributed by atoms with Crippen LogP contribution in [-0.2, 0) is 4.79 Å². The van der Waals surface area contributed by atoms with E-state index in [2.05, 4.69) is 25.5 Å². The number of nitrogens with one attached hydrogen (secondary N) is 2. The molecule has 156 valence electrons. The van der Waals surface area contributed by atoms with Gasteiger partial charge in [-0.3, -0.25) is 9.78 Å². The maximum Gasteiger partial charge on any atom is 0.256 e. The zero-order valence-corrected chi connectivity index (χ0v) is 17.3. The van der Waals surface area contributed by atoms with Gasteiger partial charge >= 0.3 is 0 Å². The van der Waals surface area contributed by atoms with E-state index in [-0.39, 0.29) is 5.91 Å². The molecule has 6 heteroatoms. The molecule has 0 atom stereocenters. The van der Waals surface area contributed by atoms with Crippen molar-refractivity contribution in [1.29, 1.82) is 0 Å². The normalized spacial score (nSPS) is 15.5. The van der Waals surface area contributed by atoms with Crippen LogP contribution in [0.15, 0.2) is 67.1 Å². The molecule has 2 N–H and O–H groups in total. The first kappa shape index (κ1) is 19.3. The molecular formula is C25H25N5O.